The summed E-state index contributed by atoms with van der Waals surface area (Å²) in [5.74, 6) is 0.638. The lowest BCUT2D eigenvalue weighted by Crippen LogP contribution is -2.21. The van der Waals surface area contributed by atoms with E-state index >= 15 is 0 Å². The largest absolute Gasteiger partial charge is 0.475 e. The van der Waals surface area contributed by atoms with E-state index in [0.717, 1.165) is 31.4 Å². The van der Waals surface area contributed by atoms with Gasteiger partial charge >= 0.3 is 0 Å². The summed E-state index contributed by atoms with van der Waals surface area (Å²) >= 11 is 0. The van der Waals surface area contributed by atoms with Crippen LogP contribution in [0.2, 0.25) is 0 Å². The van der Waals surface area contributed by atoms with Gasteiger partial charge in [-0.15, -0.1) is 0 Å². The molecule has 17 heavy (non-hydrogen) atoms. The highest BCUT2D eigenvalue weighted by Gasteiger charge is 2.24. The van der Waals surface area contributed by atoms with Crippen LogP contribution >= 0.6 is 0 Å². The van der Waals surface area contributed by atoms with Crippen molar-refractivity contribution < 1.29 is 9.53 Å². The van der Waals surface area contributed by atoms with E-state index < -0.39 is 0 Å². The fraction of sp³-hybridized carbons (Fsp3) is 0.538. The first-order chi connectivity index (χ1) is 8.20. The van der Waals surface area contributed by atoms with E-state index in [0.29, 0.717) is 5.88 Å². The Balaban J connectivity index is 2.09. The van der Waals surface area contributed by atoms with Crippen LogP contribution in [-0.4, -0.2) is 28.9 Å². The third-order valence-electron chi connectivity index (χ3n) is 2.93. The second-order valence-electron chi connectivity index (χ2n) is 4.60. The minimum atomic E-state index is 0.131. The number of hydrogen-bond donors (Lipinski definition) is 0. The van der Waals surface area contributed by atoms with E-state index in [9.17, 15) is 4.79 Å². The zero-order chi connectivity index (χ0) is 12.3. The first kappa shape index (κ1) is 11.9. The minimum absolute atomic E-state index is 0.131. The van der Waals surface area contributed by atoms with E-state index in [4.69, 9.17) is 4.74 Å². The number of aromatic nitrogens is 1. The van der Waals surface area contributed by atoms with Crippen LogP contribution in [0.4, 0.5) is 0 Å². The number of carbonyl (C=O) groups is 1. The molecule has 1 aliphatic rings. The van der Waals surface area contributed by atoms with Crippen molar-refractivity contribution in [2.45, 2.75) is 38.8 Å². The predicted octanol–water partition coefficient (Wildman–Crippen LogP) is 2.16. The van der Waals surface area contributed by atoms with Crippen LogP contribution in [0.1, 0.15) is 38.3 Å². The molecule has 0 spiro atoms. The van der Waals surface area contributed by atoms with Gasteiger partial charge in [0.2, 0.25) is 12.3 Å². The van der Waals surface area contributed by atoms with Gasteiger partial charge in [-0.25, -0.2) is 4.98 Å². The Kier molecular flexibility index (Phi) is 3.61. The minimum Gasteiger partial charge on any atom is -0.475 e. The molecule has 2 heterocycles. The van der Waals surface area contributed by atoms with Crippen molar-refractivity contribution in [3.63, 3.8) is 0 Å². The van der Waals surface area contributed by atoms with Crippen LogP contribution < -0.4 is 4.74 Å². The highest BCUT2D eigenvalue weighted by molar-refractivity contribution is 5.49. The number of hydrogen-bond acceptors (Lipinski definition) is 3. The molecule has 0 unspecified atom stereocenters. The third-order valence-corrected chi connectivity index (χ3v) is 2.93. The van der Waals surface area contributed by atoms with Crippen LogP contribution in [0.25, 0.3) is 0 Å². The topological polar surface area (TPSA) is 42.4 Å². The van der Waals surface area contributed by atoms with Gasteiger partial charge in [-0.1, -0.05) is 6.07 Å². The number of likely N-dealkylation sites (tertiary alicyclic amines) is 1. The first-order valence-electron chi connectivity index (χ1n) is 6.04. The third kappa shape index (κ3) is 2.75. The second-order valence-corrected chi connectivity index (χ2v) is 4.60. The molecule has 4 heteroatoms. The summed E-state index contributed by atoms with van der Waals surface area (Å²) in [5.41, 5.74) is 1.09. The monoisotopic (exact) mass is 234 g/mol. The SMILES string of the molecule is CC(C)Oc1ccc([C@H]2CCCN2C=O)cn1. The molecule has 1 aromatic heterocycles. The maximum absolute atomic E-state index is 10.9. The number of rotatable bonds is 4. The maximum Gasteiger partial charge on any atom is 0.213 e. The van der Waals surface area contributed by atoms with Crippen LogP contribution in [0.15, 0.2) is 18.3 Å². The number of pyridine rings is 1. The molecule has 2 rings (SSSR count). The van der Waals surface area contributed by atoms with Gasteiger partial charge in [-0.2, -0.15) is 0 Å². The first-order valence-corrected chi connectivity index (χ1v) is 6.04. The summed E-state index contributed by atoms with van der Waals surface area (Å²) in [6, 6.07) is 4.06. The predicted molar refractivity (Wildman–Crippen MR) is 64.7 cm³/mol. The van der Waals surface area contributed by atoms with Gasteiger partial charge in [0.05, 0.1) is 12.1 Å². The van der Waals surface area contributed by atoms with E-state index in [1.807, 2.05) is 37.1 Å². The standard InChI is InChI=1S/C13H18N2O2/c1-10(2)17-13-6-5-11(8-14-13)12-4-3-7-15(12)9-16/h5-6,8-10,12H,3-4,7H2,1-2H3/t12-/m1/s1. The van der Waals surface area contributed by atoms with Gasteiger partial charge in [0, 0.05) is 18.8 Å². The van der Waals surface area contributed by atoms with Crippen molar-refractivity contribution in [1.82, 2.24) is 9.88 Å². The second kappa shape index (κ2) is 5.17. The Morgan fingerprint density at radius 2 is 2.35 bits per heavy atom. The Morgan fingerprint density at radius 3 is 2.94 bits per heavy atom. The van der Waals surface area contributed by atoms with Gasteiger partial charge in [-0.3, -0.25) is 4.79 Å². The molecule has 0 aromatic carbocycles. The normalized spacial score (nSPS) is 19.7. The zero-order valence-electron chi connectivity index (χ0n) is 10.3. The van der Waals surface area contributed by atoms with Crippen molar-refractivity contribution in [2.24, 2.45) is 0 Å². The molecule has 0 radical (unpaired) electrons. The molecule has 0 N–H and O–H groups in total. The van der Waals surface area contributed by atoms with Crippen LogP contribution in [0.3, 0.4) is 0 Å². The lowest BCUT2D eigenvalue weighted by atomic mass is 10.1. The molecule has 1 atom stereocenters. The molecule has 1 aliphatic heterocycles. The summed E-state index contributed by atoms with van der Waals surface area (Å²) in [5, 5.41) is 0. The van der Waals surface area contributed by atoms with E-state index in [1.54, 1.807) is 0 Å². The molecule has 4 nitrogen and oxygen atoms in total. The molecule has 1 aromatic rings. The van der Waals surface area contributed by atoms with Crippen molar-refractivity contribution in [1.29, 1.82) is 0 Å². The molecular weight excluding hydrogens is 216 g/mol. The summed E-state index contributed by atoms with van der Waals surface area (Å²) in [6.45, 7) is 4.79. The highest BCUT2D eigenvalue weighted by Crippen LogP contribution is 2.30. The lowest BCUT2D eigenvalue weighted by molar-refractivity contribution is -0.118. The van der Waals surface area contributed by atoms with Crippen molar-refractivity contribution >= 4 is 6.41 Å². The summed E-state index contributed by atoms with van der Waals surface area (Å²) in [7, 11) is 0. The molecule has 0 bridgehead atoms. The Morgan fingerprint density at radius 1 is 1.53 bits per heavy atom. The van der Waals surface area contributed by atoms with Gasteiger partial charge in [0.15, 0.2) is 0 Å². The van der Waals surface area contributed by atoms with E-state index in [1.165, 1.54) is 0 Å². The van der Waals surface area contributed by atoms with Gasteiger partial charge < -0.3 is 9.64 Å². The Bertz CT molecular complexity index is 376. The molecule has 0 saturated carbocycles. The summed E-state index contributed by atoms with van der Waals surface area (Å²) < 4.78 is 5.49. The fourth-order valence-corrected chi connectivity index (χ4v) is 2.17. The van der Waals surface area contributed by atoms with E-state index in [2.05, 4.69) is 4.98 Å². The number of carbonyl (C=O) groups excluding carboxylic acids is 1. The van der Waals surface area contributed by atoms with Crippen molar-refractivity contribution in [3.05, 3.63) is 23.9 Å². The molecule has 1 fully saturated rings. The Labute approximate surface area is 102 Å². The molecule has 0 aliphatic carbocycles. The van der Waals surface area contributed by atoms with Crippen LogP contribution in [0.5, 0.6) is 5.88 Å². The summed E-state index contributed by atoms with van der Waals surface area (Å²) in [6.07, 6.45) is 4.95. The van der Waals surface area contributed by atoms with Gasteiger partial charge in [0.1, 0.15) is 0 Å². The number of amides is 1. The van der Waals surface area contributed by atoms with Gasteiger partial charge in [0.25, 0.3) is 0 Å². The smallest absolute Gasteiger partial charge is 0.213 e. The molecule has 1 saturated heterocycles. The molecule has 1 amide bonds. The Hall–Kier alpha value is -1.58. The number of nitrogens with zero attached hydrogens (tertiary/aromatic N) is 2. The number of ether oxygens (including phenoxy) is 1. The zero-order valence-corrected chi connectivity index (χ0v) is 10.3. The summed E-state index contributed by atoms with van der Waals surface area (Å²) in [4.78, 5) is 17.0. The quantitative estimate of drug-likeness (QED) is 0.750. The van der Waals surface area contributed by atoms with Crippen LogP contribution in [-0.2, 0) is 4.79 Å². The maximum atomic E-state index is 10.9. The van der Waals surface area contributed by atoms with Crippen LogP contribution in [0, 0.1) is 0 Å². The fourth-order valence-electron chi connectivity index (χ4n) is 2.17. The highest BCUT2D eigenvalue weighted by atomic mass is 16.5. The van der Waals surface area contributed by atoms with Crippen molar-refractivity contribution in [2.75, 3.05) is 6.54 Å². The molecule has 92 valence electrons. The molecular formula is C13H18N2O2. The average Bonchev–Trinajstić information content (AvgIpc) is 2.77. The van der Waals surface area contributed by atoms with E-state index in [-0.39, 0.29) is 12.1 Å². The lowest BCUT2D eigenvalue weighted by Gasteiger charge is -2.20. The van der Waals surface area contributed by atoms with Gasteiger partial charge in [-0.05, 0) is 32.3 Å². The average molecular weight is 234 g/mol. The van der Waals surface area contributed by atoms with Crippen molar-refractivity contribution in [3.8, 4) is 5.88 Å².